The molecule has 72 valence electrons. The van der Waals surface area contributed by atoms with Crippen molar-refractivity contribution in [3.8, 4) is 11.8 Å². The van der Waals surface area contributed by atoms with Gasteiger partial charge in [-0.25, -0.2) is 4.68 Å². The van der Waals surface area contributed by atoms with E-state index in [0.29, 0.717) is 11.3 Å². The zero-order valence-corrected chi connectivity index (χ0v) is 8.09. The van der Waals surface area contributed by atoms with E-state index in [-0.39, 0.29) is 0 Å². The summed E-state index contributed by atoms with van der Waals surface area (Å²) in [5.41, 5.74) is 1.96. The highest BCUT2D eigenvalue weighted by Crippen LogP contribution is 2.11. The molecule has 1 aromatic carbocycles. The Morgan fingerprint density at radius 3 is 2.67 bits per heavy atom. The van der Waals surface area contributed by atoms with Crippen molar-refractivity contribution in [2.24, 2.45) is 0 Å². The Hall–Kier alpha value is -2.34. The van der Waals surface area contributed by atoms with Gasteiger partial charge in [-0.05, 0) is 18.2 Å². The molecule has 0 aliphatic heterocycles. The van der Waals surface area contributed by atoms with Crippen LogP contribution in [0.2, 0.25) is 0 Å². The zero-order valence-electron chi connectivity index (χ0n) is 8.09. The fourth-order valence-corrected chi connectivity index (χ4v) is 1.27. The Morgan fingerprint density at radius 2 is 2.00 bits per heavy atom. The number of nitrogens with zero attached hydrogens (tertiary/aromatic N) is 3. The summed E-state index contributed by atoms with van der Waals surface area (Å²) in [6.45, 7) is 3.61. The Labute approximate surface area is 87.9 Å². The molecule has 0 saturated carbocycles. The number of hydrogen-bond acceptors (Lipinski definition) is 2. The van der Waals surface area contributed by atoms with Crippen LogP contribution >= 0.6 is 0 Å². The third-order valence-electron chi connectivity index (χ3n) is 2.05. The van der Waals surface area contributed by atoms with Crippen LogP contribution in [0.15, 0.2) is 49.2 Å². The Balaban J connectivity index is 2.37. The first-order valence-corrected chi connectivity index (χ1v) is 4.52. The van der Waals surface area contributed by atoms with E-state index in [1.807, 2.05) is 42.6 Å². The molecule has 15 heavy (non-hydrogen) atoms. The lowest BCUT2D eigenvalue weighted by atomic mass is 10.2. The zero-order chi connectivity index (χ0) is 10.7. The molecule has 3 nitrogen and oxygen atoms in total. The van der Waals surface area contributed by atoms with Gasteiger partial charge in [-0.1, -0.05) is 24.8 Å². The number of nitriles is 1. The van der Waals surface area contributed by atoms with Gasteiger partial charge >= 0.3 is 0 Å². The molecule has 0 fully saturated rings. The summed E-state index contributed by atoms with van der Waals surface area (Å²) >= 11 is 0. The number of rotatable bonds is 2. The SMILES string of the molecule is C=C(C#N)c1ccn(-c2ccccc2)n1. The maximum absolute atomic E-state index is 8.67. The highest BCUT2D eigenvalue weighted by atomic mass is 15.3. The molecule has 0 aliphatic rings. The molecule has 0 radical (unpaired) electrons. The van der Waals surface area contributed by atoms with E-state index < -0.39 is 0 Å². The second-order valence-corrected chi connectivity index (χ2v) is 3.07. The molecule has 0 spiro atoms. The van der Waals surface area contributed by atoms with Gasteiger partial charge in [-0.15, -0.1) is 0 Å². The Kier molecular flexibility index (Phi) is 2.34. The molecular formula is C12H9N3. The van der Waals surface area contributed by atoms with Gasteiger partial charge in [-0.3, -0.25) is 0 Å². The van der Waals surface area contributed by atoms with Crippen molar-refractivity contribution in [2.75, 3.05) is 0 Å². The predicted molar refractivity (Wildman–Crippen MR) is 58.2 cm³/mol. The van der Waals surface area contributed by atoms with E-state index in [4.69, 9.17) is 5.26 Å². The van der Waals surface area contributed by atoms with Crippen LogP contribution in [0.1, 0.15) is 5.69 Å². The molecule has 2 rings (SSSR count). The molecule has 3 heteroatoms. The van der Waals surface area contributed by atoms with Gasteiger partial charge in [0.15, 0.2) is 0 Å². The van der Waals surface area contributed by atoms with Crippen LogP contribution in [0, 0.1) is 11.3 Å². The lowest BCUT2D eigenvalue weighted by Gasteiger charge is -1.99. The number of hydrogen-bond donors (Lipinski definition) is 0. The van der Waals surface area contributed by atoms with Crippen molar-refractivity contribution in [2.45, 2.75) is 0 Å². The van der Waals surface area contributed by atoms with E-state index in [1.165, 1.54) is 0 Å². The third-order valence-corrected chi connectivity index (χ3v) is 2.05. The monoisotopic (exact) mass is 195 g/mol. The molecule has 0 bridgehead atoms. The minimum Gasteiger partial charge on any atom is -0.240 e. The minimum absolute atomic E-state index is 0.379. The van der Waals surface area contributed by atoms with Gasteiger partial charge in [0.1, 0.15) is 11.8 Å². The maximum atomic E-state index is 8.67. The lowest BCUT2D eigenvalue weighted by molar-refractivity contribution is 0.874. The lowest BCUT2D eigenvalue weighted by Crippen LogP contribution is -1.94. The average molecular weight is 195 g/mol. The van der Waals surface area contributed by atoms with E-state index in [2.05, 4.69) is 11.7 Å². The van der Waals surface area contributed by atoms with Crippen LogP contribution in [-0.2, 0) is 0 Å². The standard InChI is InChI=1S/C12H9N3/c1-10(9-13)12-7-8-15(14-12)11-5-3-2-4-6-11/h2-8H,1H2. The first-order valence-electron chi connectivity index (χ1n) is 4.52. The third kappa shape index (κ3) is 1.79. The summed E-state index contributed by atoms with van der Waals surface area (Å²) in [6, 6.07) is 13.5. The second-order valence-electron chi connectivity index (χ2n) is 3.07. The van der Waals surface area contributed by atoms with Gasteiger partial charge in [0, 0.05) is 6.20 Å². The minimum atomic E-state index is 0.379. The summed E-state index contributed by atoms with van der Waals surface area (Å²) in [7, 11) is 0. The van der Waals surface area contributed by atoms with E-state index >= 15 is 0 Å². The van der Waals surface area contributed by atoms with Crippen molar-refractivity contribution in [3.05, 3.63) is 54.9 Å². The van der Waals surface area contributed by atoms with Crippen LogP contribution in [0.5, 0.6) is 0 Å². The van der Waals surface area contributed by atoms with Crippen molar-refractivity contribution in [1.82, 2.24) is 9.78 Å². The highest BCUT2D eigenvalue weighted by Gasteiger charge is 2.02. The van der Waals surface area contributed by atoms with Crippen LogP contribution in [0.4, 0.5) is 0 Å². The summed E-state index contributed by atoms with van der Waals surface area (Å²) in [4.78, 5) is 0. The Morgan fingerprint density at radius 1 is 1.27 bits per heavy atom. The van der Waals surface area contributed by atoms with Crippen molar-refractivity contribution >= 4 is 5.57 Å². The van der Waals surface area contributed by atoms with Crippen LogP contribution in [0.3, 0.4) is 0 Å². The number of para-hydroxylation sites is 1. The maximum Gasteiger partial charge on any atom is 0.103 e. The normalized spacial score (nSPS) is 9.53. The molecule has 0 aliphatic carbocycles. The second kappa shape index (κ2) is 3.81. The largest absolute Gasteiger partial charge is 0.240 e. The smallest absolute Gasteiger partial charge is 0.103 e. The van der Waals surface area contributed by atoms with Gasteiger partial charge in [0.25, 0.3) is 0 Å². The van der Waals surface area contributed by atoms with E-state index in [9.17, 15) is 0 Å². The average Bonchev–Trinajstić information content (AvgIpc) is 2.78. The highest BCUT2D eigenvalue weighted by molar-refractivity contribution is 5.72. The molecule has 0 atom stereocenters. The number of aromatic nitrogens is 2. The van der Waals surface area contributed by atoms with Gasteiger partial charge < -0.3 is 0 Å². The summed E-state index contributed by atoms with van der Waals surface area (Å²) in [6.07, 6.45) is 1.81. The summed E-state index contributed by atoms with van der Waals surface area (Å²) in [5.74, 6) is 0. The molecule has 1 aromatic heterocycles. The van der Waals surface area contributed by atoms with E-state index in [0.717, 1.165) is 5.69 Å². The van der Waals surface area contributed by atoms with Crippen LogP contribution in [0.25, 0.3) is 11.3 Å². The number of benzene rings is 1. The van der Waals surface area contributed by atoms with Crippen LogP contribution in [-0.4, -0.2) is 9.78 Å². The quantitative estimate of drug-likeness (QED) is 0.690. The summed E-state index contributed by atoms with van der Waals surface area (Å²) < 4.78 is 1.72. The molecule has 0 N–H and O–H groups in total. The first-order chi connectivity index (χ1) is 7.31. The van der Waals surface area contributed by atoms with Crippen LogP contribution < -0.4 is 0 Å². The Bertz CT molecular complexity index is 517. The topological polar surface area (TPSA) is 41.6 Å². The number of allylic oxidation sites excluding steroid dienone is 1. The van der Waals surface area contributed by atoms with Crippen molar-refractivity contribution in [1.29, 1.82) is 5.26 Å². The van der Waals surface area contributed by atoms with Gasteiger partial charge in [-0.2, -0.15) is 10.4 Å². The van der Waals surface area contributed by atoms with Gasteiger partial charge in [0.05, 0.1) is 11.3 Å². The summed E-state index contributed by atoms with van der Waals surface area (Å²) in [5, 5.41) is 12.9. The first kappa shape index (κ1) is 9.22. The van der Waals surface area contributed by atoms with Crippen molar-refractivity contribution < 1.29 is 0 Å². The molecule has 1 heterocycles. The fourth-order valence-electron chi connectivity index (χ4n) is 1.27. The predicted octanol–water partition coefficient (Wildman–Crippen LogP) is 2.41. The molecule has 2 aromatic rings. The van der Waals surface area contributed by atoms with E-state index in [1.54, 1.807) is 10.7 Å². The molecular weight excluding hydrogens is 186 g/mol. The van der Waals surface area contributed by atoms with Crippen molar-refractivity contribution in [3.63, 3.8) is 0 Å². The molecule has 0 amide bonds. The van der Waals surface area contributed by atoms with Gasteiger partial charge in [0.2, 0.25) is 0 Å². The molecule has 0 saturated heterocycles. The fraction of sp³-hybridized carbons (Fsp3) is 0. The molecule has 0 unspecified atom stereocenters.